The summed E-state index contributed by atoms with van der Waals surface area (Å²) in [5.41, 5.74) is 6.18. The van der Waals surface area contributed by atoms with Crippen LogP contribution in [-0.4, -0.2) is 6.04 Å². The fourth-order valence-corrected chi connectivity index (χ4v) is 1.62. The second-order valence-electron chi connectivity index (χ2n) is 3.79. The van der Waals surface area contributed by atoms with Crippen molar-refractivity contribution in [2.45, 2.75) is 45.6 Å². The van der Waals surface area contributed by atoms with Crippen molar-refractivity contribution < 1.29 is 0 Å². The highest BCUT2D eigenvalue weighted by Gasteiger charge is 2.31. The molecule has 1 unspecified atom stereocenters. The van der Waals surface area contributed by atoms with Gasteiger partial charge in [0.05, 0.1) is 0 Å². The van der Waals surface area contributed by atoms with E-state index >= 15 is 0 Å². The van der Waals surface area contributed by atoms with E-state index in [9.17, 15) is 0 Å². The van der Waals surface area contributed by atoms with Gasteiger partial charge in [0.1, 0.15) is 0 Å². The first-order chi connectivity index (χ1) is 5.18. The molecule has 1 saturated carbocycles. The summed E-state index contributed by atoms with van der Waals surface area (Å²) in [6.07, 6.45) is 9.89. The van der Waals surface area contributed by atoms with E-state index in [2.05, 4.69) is 19.1 Å². The van der Waals surface area contributed by atoms with Gasteiger partial charge >= 0.3 is 0 Å². The van der Waals surface area contributed by atoms with Gasteiger partial charge in [-0.25, -0.2) is 0 Å². The molecule has 1 nitrogen and oxygen atoms in total. The maximum absolute atomic E-state index is 5.65. The topological polar surface area (TPSA) is 26.0 Å². The van der Waals surface area contributed by atoms with Gasteiger partial charge in [0.15, 0.2) is 0 Å². The van der Waals surface area contributed by atoms with Crippen LogP contribution in [0.25, 0.3) is 0 Å². The zero-order valence-corrected chi connectivity index (χ0v) is 7.64. The molecule has 0 radical (unpaired) electrons. The summed E-state index contributed by atoms with van der Waals surface area (Å²) in [5.74, 6) is 0. The van der Waals surface area contributed by atoms with Crippen molar-refractivity contribution in [1.82, 2.24) is 0 Å². The fraction of sp³-hybridized carbons (Fsp3) is 0.800. The number of nitrogens with two attached hydrogens (primary N) is 1. The van der Waals surface area contributed by atoms with Gasteiger partial charge in [-0.3, -0.25) is 0 Å². The van der Waals surface area contributed by atoms with Crippen LogP contribution in [0, 0.1) is 5.41 Å². The molecule has 1 aliphatic rings. The molecule has 0 aliphatic heterocycles. The Labute approximate surface area is 69.7 Å². The van der Waals surface area contributed by atoms with Crippen LogP contribution < -0.4 is 5.73 Å². The van der Waals surface area contributed by atoms with E-state index in [0.717, 1.165) is 0 Å². The molecule has 0 bridgehead atoms. The molecule has 1 aliphatic carbocycles. The van der Waals surface area contributed by atoms with Crippen LogP contribution >= 0.6 is 0 Å². The Morgan fingerprint density at radius 2 is 2.18 bits per heavy atom. The number of rotatable bonds is 3. The lowest BCUT2D eigenvalue weighted by molar-refractivity contribution is 0.196. The average molecular weight is 153 g/mol. The second kappa shape index (κ2) is 3.40. The zero-order valence-electron chi connectivity index (χ0n) is 7.64. The van der Waals surface area contributed by atoms with Crippen LogP contribution in [0.5, 0.6) is 0 Å². The van der Waals surface area contributed by atoms with Gasteiger partial charge in [-0.15, -0.1) is 0 Å². The molecule has 0 spiro atoms. The Balaban J connectivity index is 2.44. The van der Waals surface area contributed by atoms with Gasteiger partial charge in [0.25, 0.3) is 0 Å². The SMILES string of the molecule is CCC1(/C=C/C(C)N)CCC1. The Bertz CT molecular complexity index is 137. The fourth-order valence-electron chi connectivity index (χ4n) is 1.62. The summed E-state index contributed by atoms with van der Waals surface area (Å²) in [6.45, 7) is 4.29. The average Bonchev–Trinajstić information content (AvgIpc) is 1.86. The number of allylic oxidation sites excluding steroid dienone is 1. The summed E-state index contributed by atoms with van der Waals surface area (Å²) in [4.78, 5) is 0. The Morgan fingerprint density at radius 1 is 1.55 bits per heavy atom. The van der Waals surface area contributed by atoms with E-state index < -0.39 is 0 Å². The molecule has 2 N–H and O–H groups in total. The monoisotopic (exact) mass is 153 g/mol. The van der Waals surface area contributed by atoms with Crippen LogP contribution in [0.1, 0.15) is 39.5 Å². The van der Waals surface area contributed by atoms with E-state index in [4.69, 9.17) is 5.73 Å². The smallest absolute Gasteiger partial charge is 0.0195 e. The molecule has 0 aromatic heterocycles. The number of hydrogen-bond acceptors (Lipinski definition) is 1. The molecule has 64 valence electrons. The largest absolute Gasteiger partial charge is 0.325 e. The highest BCUT2D eigenvalue weighted by molar-refractivity contribution is 5.06. The summed E-state index contributed by atoms with van der Waals surface area (Å²) in [7, 11) is 0. The van der Waals surface area contributed by atoms with Crippen LogP contribution in [0.2, 0.25) is 0 Å². The minimum absolute atomic E-state index is 0.221. The van der Waals surface area contributed by atoms with Crippen molar-refractivity contribution in [3.05, 3.63) is 12.2 Å². The van der Waals surface area contributed by atoms with Crippen LogP contribution in [0.4, 0.5) is 0 Å². The minimum atomic E-state index is 0.221. The molecular weight excluding hydrogens is 134 g/mol. The Hall–Kier alpha value is -0.300. The molecular formula is C10H19N. The van der Waals surface area contributed by atoms with E-state index in [1.807, 2.05) is 6.92 Å². The zero-order chi connectivity index (χ0) is 8.32. The predicted octanol–water partition coefficient (Wildman–Crippen LogP) is 2.47. The summed E-state index contributed by atoms with van der Waals surface area (Å²) in [6, 6.07) is 0.221. The molecule has 1 fully saturated rings. The summed E-state index contributed by atoms with van der Waals surface area (Å²) in [5, 5.41) is 0. The summed E-state index contributed by atoms with van der Waals surface area (Å²) < 4.78 is 0. The van der Waals surface area contributed by atoms with Gasteiger partial charge in [0, 0.05) is 6.04 Å². The molecule has 1 rings (SSSR count). The maximum atomic E-state index is 5.65. The first-order valence-electron chi connectivity index (χ1n) is 4.63. The normalized spacial score (nSPS) is 25.0. The summed E-state index contributed by atoms with van der Waals surface area (Å²) >= 11 is 0. The minimum Gasteiger partial charge on any atom is -0.325 e. The lowest BCUT2D eigenvalue weighted by Crippen LogP contribution is -2.26. The van der Waals surface area contributed by atoms with Gasteiger partial charge in [-0.2, -0.15) is 0 Å². The third-order valence-corrected chi connectivity index (χ3v) is 2.81. The van der Waals surface area contributed by atoms with Crippen molar-refractivity contribution in [1.29, 1.82) is 0 Å². The van der Waals surface area contributed by atoms with Crippen LogP contribution in [-0.2, 0) is 0 Å². The molecule has 0 aromatic rings. The quantitative estimate of drug-likeness (QED) is 0.619. The van der Waals surface area contributed by atoms with Crippen molar-refractivity contribution >= 4 is 0 Å². The van der Waals surface area contributed by atoms with Crippen LogP contribution in [0.15, 0.2) is 12.2 Å². The third-order valence-electron chi connectivity index (χ3n) is 2.81. The van der Waals surface area contributed by atoms with Gasteiger partial charge in [-0.05, 0) is 31.6 Å². The Kier molecular flexibility index (Phi) is 2.72. The van der Waals surface area contributed by atoms with Gasteiger partial charge in [0.2, 0.25) is 0 Å². The lowest BCUT2D eigenvalue weighted by Gasteiger charge is -2.38. The van der Waals surface area contributed by atoms with E-state index in [-0.39, 0.29) is 6.04 Å². The van der Waals surface area contributed by atoms with Crippen molar-refractivity contribution in [2.75, 3.05) is 0 Å². The van der Waals surface area contributed by atoms with Crippen molar-refractivity contribution in [2.24, 2.45) is 11.1 Å². The van der Waals surface area contributed by atoms with Crippen LogP contribution in [0.3, 0.4) is 0 Å². The lowest BCUT2D eigenvalue weighted by atomic mass is 9.67. The molecule has 0 saturated heterocycles. The first kappa shape index (κ1) is 8.79. The molecule has 11 heavy (non-hydrogen) atoms. The standard InChI is InChI=1S/C10H19N/c1-3-10(6-4-7-10)8-5-9(2)11/h5,8-9H,3-4,6-7,11H2,1-2H3/b8-5+. The number of hydrogen-bond donors (Lipinski definition) is 1. The maximum Gasteiger partial charge on any atom is 0.0195 e. The molecule has 1 atom stereocenters. The second-order valence-corrected chi connectivity index (χ2v) is 3.79. The highest BCUT2D eigenvalue weighted by Crippen LogP contribution is 2.44. The van der Waals surface area contributed by atoms with Crippen molar-refractivity contribution in [3.63, 3.8) is 0 Å². The van der Waals surface area contributed by atoms with E-state index in [1.165, 1.54) is 25.7 Å². The first-order valence-corrected chi connectivity index (χ1v) is 4.63. The third kappa shape index (κ3) is 2.06. The predicted molar refractivity (Wildman–Crippen MR) is 49.4 cm³/mol. The van der Waals surface area contributed by atoms with E-state index in [1.54, 1.807) is 0 Å². The molecule has 1 heteroatoms. The molecule has 0 aromatic carbocycles. The Morgan fingerprint density at radius 3 is 2.45 bits per heavy atom. The molecule has 0 amide bonds. The van der Waals surface area contributed by atoms with Gasteiger partial charge < -0.3 is 5.73 Å². The van der Waals surface area contributed by atoms with Crippen molar-refractivity contribution in [3.8, 4) is 0 Å². The highest BCUT2D eigenvalue weighted by atomic mass is 14.6. The van der Waals surface area contributed by atoms with E-state index in [0.29, 0.717) is 5.41 Å². The molecule has 0 heterocycles. The van der Waals surface area contributed by atoms with Gasteiger partial charge in [-0.1, -0.05) is 25.5 Å².